The van der Waals surface area contributed by atoms with E-state index >= 15 is 0 Å². The normalized spacial score (nSPS) is 28.1. The molecule has 0 heterocycles. The molecule has 1 aromatic carbocycles. The first kappa shape index (κ1) is 13.9. The molecule has 0 aromatic heterocycles. The first-order valence-electron chi connectivity index (χ1n) is 7.99. The molecule has 3 rings (SSSR count). The zero-order valence-corrected chi connectivity index (χ0v) is 12.3. The predicted octanol–water partition coefficient (Wildman–Crippen LogP) is 3.56. The van der Waals surface area contributed by atoms with Crippen molar-refractivity contribution in [1.29, 1.82) is 0 Å². The number of rotatable bonds is 5. The molecule has 0 radical (unpaired) electrons. The van der Waals surface area contributed by atoms with E-state index in [1.54, 1.807) is 0 Å². The standard InChI is InChI=1S/C17H26N2O/c1-12-4-2-5-13(10-12)17(19-18)14-6-3-7-16(11-14)20-15-8-9-15/h3,6-7,11-13,15,17,19H,2,4-5,8-10,18H2,1H3. The van der Waals surface area contributed by atoms with Crippen molar-refractivity contribution < 1.29 is 4.74 Å². The molecule has 0 aliphatic heterocycles. The molecular formula is C17H26N2O. The lowest BCUT2D eigenvalue weighted by Crippen LogP contribution is -2.35. The van der Waals surface area contributed by atoms with Crippen LogP contribution in [0.4, 0.5) is 0 Å². The Morgan fingerprint density at radius 1 is 1.25 bits per heavy atom. The third-order valence-electron chi connectivity index (χ3n) is 4.67. The lowest BCUT2D eigenvalue weighted by molar-refractivity contribution is 0.224. The summed E-state index contributed by atoms with van der Waals surface area (Å²) in [4.78, 5) is 0. The van der Waals surface area contributed by atoms with E-state index < -0.39 is 0 Å². The lowest BCUT2D eigenvalue weighted by Gasteiger charge is -2.33. The molecule has 1 aromatic rings. The summed E-state index contributed by atoms with van der Waals surface area (Å²) in [5.41, 5.74) is 4.32. The molecule has 0 amide bonds. The second-order valence-corrected chi connectivity index (χ2v) is 6.57. The van der Waals surface area contributed by atoms with Crippen molar-refractivity contribution in [3.63, 3.8) is 0 Å². The fraction of sp³-hybridized carbons (Fsp3) is 0.647. The zero-order chi connectivity index (χ0) is 13.9. The lowest BCUT2D eigenvalue weighted by atomic mass is 9.77. The Kier molecular flexibility index (Phi) is 4.27. The summed E-state index contributed by atoms with van der Waals surface area (Å²) in [6.45, 7) is 2.35. The number of nitrogens with one attached hydrogen (secondary N) is 1. The van der Waals surface area contributed by atoms with Crippen LogP contribution < -0.4 is 16.0 Å². The van der Waals surface area contributed by atoms with Gasteiger partial charge in [-0.2, -0.15) is 0 Å². The van der Waals surface area contributed by atoms with Gasteiger partial charge >= 0.3 is 0 Å². The highest BCUT2D eigenvalue weighted by molar-refractivity contribution is 5.31. The van der Waals surface area contributed by atoms with Crippen molar-refractivity contribution in [1.82, 2.24) is 5.43 Å². The van der Waals surface area contributed by atoms with Gasteiger partial charge in [-0.15, -0.1) is 0 Å². The summed E-state index contributed by atoms with van der Waals surface area (Å²) >= 11 is 0. The minimum atomic E-state index is 0.250. The maximum Gasteiger partial charge on any atom is 0.120 e. The Balaban J connectivity index is 1.73. The summed E-state index contributed by atoms with van der Waals surface area (Å²) in [5, 5.41) is 0. The van der Waals surface area contributed by atoms with Crippen LogP contribution in [0.2, 0.25) is 0 Å². The van der Waals surface area contributed by atoms with Crippen molar-refractivity contribution in [2.24, 2.45) is 17.7 Å². The third-order valence-corrected chi connectivity index (χ3v) is 4.67. The molecule has 110 valence electrons. The third kappa shape index (κ3) is 3.33. The SMILES string of the molecule is CC1CCCC(C(NN)c2cccc(OC3CC3)c2)C1. The van der Waals surface area contributed by atoms with Crippen LogP contribution in [0.25, 0.3) is 0 Å². The van der Waals surface area contributed by atoms with Crippen LogP contribution in [0.1, 0.15) is 57.1 Å². The van der Waals surface area contributed by atoms with Crippen LogP contribution >= 0.6 is 0 Å². The molecule has 3 N–H and O–H groups in total. The number of hydrogen-bond acceptors (Lipinski definition) is 3. The van der Waals surface area contributed by atoms with Crippen LogP contribution in [-0.4, -0.2) is 6.10 Å². The first-order valence-corrected chi connectivity index (χ1v) is 7.99. The van der Waals surface area contributed by atoms with Crippen molar-refractivity contribution >= 4 is 0 Å². The van der Waals surface area contributed by atoms with Crippen molar-refractivity contribution in [2.45, 2.75) is 57.6 Å². The van der Waals surface area contributed by atoms with Gasteiger partial charge in [0.2, 0.25) is 0 Å². The molecule has 2 aliphatic carbocycles. The molecule has 0 spiro atoms. The summed E-state index contributed by atoms with van der Waals surface area (Å²) in [6.07, 6.45) is 8.06. The van der Waals surface area contributed by atoms with Crippen molar-refractivity contribution in [3.8, 4) is 5.75 Å². The van der Waals surface area contributed by atoms with E-state index in [4.69, 9.17) is 10.6 Å². The highest BCUT2D eigenvalue weighted by Crippen LogP contribution is 2.38. The number of hydrazine groups is 1. The van der Waals surface area contributed by atoms with Crippen molar-refractivity contribution in [2.75, 3.05) is 0 Å². The van der Waals surface area contributed by atoms with Crippen LogP contribution in [0.15, 0.2) is 24.3 Å². The average Bonchev–Trinajstić information content (AvgIpc) is 3.24. The fourth-order valence-corrected chi connectivity index (χ4v) is 3.45. The highest BCUT2D eigenvalue weighted by Gasteiger charge is 2.28. The molecule has 3 unspecified atom stereocenters. The Labute approximate surface area is 121 Å². The Hall–Kier alpha value is -1.06. The summed E-state index contributed by atoms with van der Waals surface area (Å²) < 4.78 is 5.90. The van der Waals surface area contributed by atoms with Crippen LogP contribution in [-0.2, 0) is 0 Å². The Bertz CT molecular complexity index is 444. The molecule has 2 fully saturated rings. The molecule has 20 heavy (non-hydrogen) atoms. The molecule has 0 saturated heterocycles. The van der Waals surface area contributed by atoms with E-state index in [-0.39, 0.29) is 6.04 Å². The maximum atomic E-state index is 5.90. The van der Waals surface area contributed by atoms with E-state index in [1.165, 1.54) is 44.1 Å². The van der Waals surface area contributed by atoms with Gasteiger partial charge in [0.15, 0.2) is 0 Å². The quantitative estimate of drug-likeness (QED) is 0.637. The smallest absolute Gasteiger partial charge is 0.120 e. The largest absolute Gasteiger partial charge is 0.490 e. The van der Waals surface area contributed by atoms with Gasteiger partial charge in [0.1, 0.15) is 5.75 Å². The topological polar surface area (TPSA) is 47.3 Å². The summed E-state index contributed by atoms with van der Waals surface area (Å²) in [6, 6.07) is 8.73. The average molecular weight is 274 g/mol. The minimum Gasteiger partial charge on any atom is -0.490 e. The molecule has 0 bridgehead atoms. The first-order chi connectivity index (χ1) is 9.76. The Morgan fingerprint density at radius 2 is 2.10 bits per heavy atom. The molecule has 3 atom stereocenters. The minimum absolute atomic E-state index is 0.250. The monoisotopic (exact) mass is 274 g/mol. The van der Waals surface area contributed by atoms with Crippen LogP contribution in [0.3, 0.4) is 0 Å². The van der Waals surface area contributed by atoms with Gasteiger partial charge in [-0.05, 0) is 55.2 Å². The van der Waals surface area contributed by atoms with E-state index in [2.05, 4.69) is 36.6 Å². The van der Waals surface area contributed by atoms with E-state index in [1.807, 2.05) is 0 Å². The van der Waals surface area contributed by atoms with Crippen molar-refractivity contribution in [3.05, 3.63) is 29.8 Å². The number of hydrogen-bond donors (Lipinski definition) is 2. The highest BCUT2D eigenvalue weighted by atomic mass is 16.5. The van der Waals surface area contributed by atoms with E-state index in [9.17, 15) is 0 Å². The second kappa shape index (κ2) is 6.15. The summed E-state index contributed by atoms with van der Waals surface area (Å²) in [5.74, 6) is 8.30. The zero-order valence-electron chi connectivity index (χ0n) is 12.3. The maximum absolute atomic E-state index is 5.90. The molecule has 2 saturated carbocycles. The van der Waals surface area contributed by atoms with Gasteiger partial charge in [0, 0.05) is 6.04 Å². The van der Waals surface area contributed by atoms with Gasteiger partial charge in [-0.25, -0.2) is 0 Å². The molecule has 2 aliphatic rings. The van der Waals surface area contributed by atoms with E-state index in [0.717, 1.165) is 11.7 Å². The van der Waals surface area contributed by atoms with Gasteiger partial charge in [0.25, 0.3) is 0 Å². The fourth-order valence-electron chi connectivity index (χ4n) is 3.45. The molecule has 3 heteroatoms. The van der Waals surface area contributed by atoms with Gasteiger partial charge < -0.3 is 4.74 Å². The number of nitrogens with two attached hydrogens (primary N) is 1. The van der Waals surface area contributed by atoms with Gasteiger partial charge in [-0.3, -0.25) is 11.3 Å². The van der Waals surface area contributed by atoms with Crippen LogP contribution in [0.5, 0.6) is 5.75 Å². The Morgan fingerprint density at radius 3 is 2.80 bits per heavy atom. The molecule has 3 nitrogen and oxygen atoms in total. The van der Waals surface area contributed by atoms with Crippen LogP contribution in [0, 0.1) is 11.8 Å². The number of benzene rings is 1. The predicted molar refractivity (Wildman–Crippen MR) is 81.3 cm³/mol. The van der Waals surface area contributed by atoms with Gasteiger partial charge in [-0.1, -0.05) is 31.9 Å². The number of ether oxygens (including phenoxy) is 1. The second-order valence-electron chi connectivity index (χ2n) is 6.57. The van der Waals surface area contributed by atoms with E-state index in [0.29, 0.717) is 12.0 Å². The molecular weight excluding hydrogens is 248 g/mol. The summed E-state index contributed by atoms with van der Waals surface area (Å²) in [7, 11) is 0. The van der Waals surface area contributed by atoms with Gasteiger partial charge in [0.05, 0.1) is 6.10 Å².